The van der Waals surface area contributed by atoms with E-state index in [-0.39, 0.29) is 0 Å². The molecule has 2 aromatic heterocycles. The zero-order valence-corrected chi connectivity index (χ0v) is 29.8. The van der Waals surface area contributed by atoms with Crippen LogP contribution in [0, 0.1) is 0 Å². The molecule has 0 aliphatic carbocycles. The minimum absolute atomic E-state index is 0.848. The molecule has 0 spiro atoms. The summed E-state index contributed by atoms with van der Waals surface area (Å²) in [6.07, 6.45) is 0. The quantitative estimate of drug-likeness (QED) is 0.173. The van der Waals surface area contributed by atoms with Crippen molar-refractivity contribution in [2.45, 2.75) is 0 Å². The van der Waals surface area contributed by atoms with Crippen molar-refractivity contribution in [3.8, 4) is 33.4 Å². The van der Waals surface area contributed by atoms with Gasteiger partial charge in [-0.05, 0) is 93.4 Å². The lowest BCUT2D eigenvalue weighted by atomic mass is 9.95. The number of anilines is 3. The van der Waals surface area contributed by atoms with Crippen LogP contribution in [0.3, 0.4) is 0 Å². The molecule has 11 rings (SSSR count). The molecule has 0 aliphatic heterocycles. The Hall–Kier alpha value is -7.36. The van der Waals surface area contributed by atoms with Crippen LogP contribution < -0.4 is 4.90 Å². The molecule has 11 aromatic rings. The van der Waals surface area contributed by atoms with Crippen LogP contribution in [-0.4, -0.2) is 0 Å². The first-order chi connectivity index (χ1) is 27.3. The van der Waals surface area contributed by atoms with Gasteiger partial charge in [-0.25, -0.2) is 0 Å². The summed E-state index contributed by atoms with van der Waals surface area (Å²) in [5.41, 5.74) is 13.6. The molecule has 55 heavy (non-hydrogen) atoms. The van der Waals surface area contributed by atoms with Crippen LogP contribution in [0.5, 0.6) is 0 Å². The average Bonchev–Trinajstić information content (AvgIpc) is 3.83. The molecule has 0 atom stereocenters. The highest BCUT2D eigenvalue weighted by atomic mass is 16.3. The number of hydrogen-bond acceptors (Lipinski definition) is 3. The fourth-order valence-electron chi connectivity index (χ4n) is 8.21. The molecule has 3 nitrogen and oxygen atoms in total. The second kappa shape index (κ2) is 12.6. The standard InChI is InChI=1S/C52H33NO2/c1-3-12-34(13-4-1)35-22-27-39(28-23-35)53(40-29-24-36(25-30-40)38-26-31-50-46(32-38)42-17-9-10-21-49(42)54-50)48-20-11-19-44-47-33-45(37-14-5-2-6-15-37)41-16-7-8-18-43(41)51(47)55-52(44)48/h1-33H. The summed E-state index contributed by atoms with van der Waals surface area (Å²) < 4.78 is 13.1. The van der Waals surface area contributed by atoms with E-state index < -0.39 is 0 Å². The van der Waals surface area contributed by atoms with E-state index >= 15 is 0 Å². The van der Waals surface area contributed by atoms with Gasteiger partial charge in [0.2, 0.25) is 0 Å². The Morgan fingerprint density at radius 2 is 0.818 bits per heavy atom. The molecule has 0 amide bonds. The third-order valence-corrected chi connectivity index (χ3v) is 10.9. The Labute approximate surface area is 317 Å². The van der Waals surface area contributed by atoms with Gasteiger partial charge in [0.15, 0.2) is 5.58 Å². The Morgan fingerprint density at radius 1 is 0.291 bits per heavy atom. The third kappa shape index (κ3) is 5.20. The number of nitrogens with zero attached hydrogens (tertiary/aromatic N) is 1. The summed E-state index contributed by atoms with van der Waals surface area (Å²) >= 11 is 0. The lowest BCUT2D eigenvalue weighted by Gasteiger charge is -2.26. The normalized spacial score (nSPS) is 11.6. The minimum Gasteiger partial charge on any atom is -0.456 e. The van der Waals surface area contributed by atoms with E-state index in [1.54, 1.807) is 0 Å². The van der Waals surface area contributed by atoms with Crippen LogP contribution in [0.4, 0.5) is 17.1 Å². The SMILES string of the molecule is c1ccc(-c2ccc(N(c3ccc(-c4ccc5oc6ccccc6c5c4)cc3)c3cccc4c3oc3c5ccccc5c(-c5ccccc5)cc43)cc2)cc1. The van der Waals surface area contributed by atoms with Gasteiger partial charge in [0.1, 0.15) is 16.7 Å². The summed E-state index contributed by atoms with van der Waals surface area (Å²) in [4.78, 5) is 2.32. The second-order valence-electron chi connectivity index (χ2n) is 14.1. The van der Waals surface area contributed by atoms with E-state index in [0.29, 0.717) is 0 Å². The predicted molar refractivity (Wildman–Crippen MR) is 229 cm³/mol. The fourth-order valence-corrected chi connectivity index (χ4v) is 8.21. The van der Waals surface area contributed by atoms with Gasteiger partial charge in [-0.2, -0.15) is 0 Å². The van der Waals surface area contributed by atoms with Crippen molar-refractivity contribution in [2.24, 2.45) is 0 Å². The number of hydrogen-bond donors (Lipinski definition) is 0. The van der Waals surface area contributed by atoms with E-state index in [1.807, 2.05) is 12.1 Å². The maximum Gasteiger partial charge on any atom is 0.159 e. The van der Waals surface area contributed by atoms with Gasteiger partial charge in [0.05, 0.1) is 5.69 Å². The largest absolute Gasteiger partial charge is 0.456 e. The topological polar surface area (TPSA) is 29.5 Å². The molecule has 0 aliphatic rings. The molecular weight excluding hydrogens is 671 g/mol. The molecule has 2 heterocycles. The zero-order chi connectivity index (χ0) is 36.3. The maximum atomic E-state index is 7.02. The summed E-state index contributed by atoms with van der Waals surface area (Å²) in [5, 5.41) is 6.71. The van der Waals surface area contributed by atoms with Crippen LogP contribution in [0.25, 0.3) is 88.0 Å². The Bertz CT molecular complexity index is 3180. The van der Waals surface area contributed by atoms with Crippen molar-refractivity contribution in [1.82, 2.24) is 0 Å². The second-order valence-corrected chi connectivity index (χ2v) is 14.1. The molecule has 0 fully saturated rings. The van der Waals surface area contributed by atoms with E-state index in [1.165, 1.54) is 27.6 Å². The molecular formula is C52H33NO2. The van der Waals surface area contributed by atoms with Crippen LogP contribution in [0.2, 0.25) is 0 Å². The molecule has 0 saturated carbocycles. The van der Waals surface area contributed by atoms with Crippen LogP contribution in [-0.2, 0) is 0 Å². The van der Waals surface area contributed by atoms with E-state index in [4.69, 9.17) is 8.83 Å². The molecule has 0 N–H and O–H groups in total. The summed E-state index contributed by atoms with van der Waals surface area (Å²) in [5.74, 6) is 0. The molecule has 0 bridgehead atoms. The predicted octanol–water partition coefficient (Wildman–Crippen LogP) is 15.1. The summed E-state index contributed by atoms with van der Waals surface area (Å²) in [6, 6.07) is 70.9. The van der Waals surface area contributed by atoms with Gasteiger partial charge in [-0.1, -0.05) is 146 Å². The van der Waals surface area contributed by atoms with Crippen LogP contribution >= 0.6 is 0 Å². The van der Waals surface area contributed by atoms with Gasteiger partial charge in [0, 0.05) is 38.3 Å². The van der Waals surface area contributed by atoms with Crippen LogP contribution in [0.15, 0.2) is 209 Å². The van der Waals surface area contributed by atoms with Crippen molar-refractivity contribution < 1.29 is 8.83 Å². The minimum atomic E-state index is 0.848. The molecule has 9 aromatic carbocycles. The Kier molecular flexibility index (Phi) is 7.17. The van der Waals surface area contributed by atoms with Gasteiger partial charge < -0.3 is 13.7 Å². The molecule has 3 heteroatoms. The molecule has 258 valence electrons. The maximum absolute atomic E-state index is 7.02. The van der Waals surface area contributed by atoms with Gasteiger partial charge in [0.25, 0.3) is 0 Å². The van der Waals surface area contributed by atoms with E-state index in [0.717, 1.165) is 77.5 Å². The van der Waals surface area contributed by atoms with Crippen molar-refractivity contribution in [1.29, 1.82) is 0 Å². The van der Waals surface area contributed by atoms with E-state index in [9.17, 15) is 0 Å². The van der Waals surface area contributed by atoms with E-state index in [2.05, 4.69) is 193 Å². The first-order valence-electron chi connectivity index (χ1n) is 18.7. The first-order valence-corrected chi connectivity index (χ1v) is 18.7. The number of benzene rings is 9. The number of furan rings is 2. The highest BCUT2D eigenvalue weighted by Gasteiger charge is 2.22. The first kappa shape index (κ1) is 31.2. The molecule has 0 saturated heterocycles. The highest BCUT2D eigenvalue weighted by molar-refractivity contribution is 6.21. The monoisotopic (exact) mass is 703 g/mol. The Balaban J connectivity index is 1.08. The lowest BCUT2D eigenvalue weighted by molar-refractivity contribution is 0.669. The van der Waals surface area contributed by atoms with Gasteiger partial charge in [-0.15, -0.1) is 0 Å². The van der Waals surface area contributed by atoms with Gasteiger partial charge >= 0.3 is 0 Å². The number of rotatable bonds is 6. The summed E-state index contributed by atoms with van der Waals surface area (Å²) in [7, 11) is 0. The van der Waals surface area contributed by atoms with Crippen molar-refractivity contribution >= 4 is 71.7 Å². The van der Waals surface area contributed by atoms with Crippen molar-refractivity contribution in [3.63, 3.8) is 0 Å². The smallest absolute Gasteiger partial charge is 0.159 e. The third-order valence-electron chi connectivity index (χ3n) is 10.9. The molecule has 0 radical (unpaired) electrons. The number of fused-ring (bicyclic) bond motifs is 8. The van der Waals surface area contributed by atoms with Crippen LogP contribution in [0.1, 0.15) is 0 Å². The number of para-hydroxylation sites is 2. The zero-order valence-electron chi connectivity index (χ0n) is 29.8. The van der Waals surface area contributed by atoms with Crippen molar-refractivity contribution in [2.75, 3.05) is 4.90 Å². The van der Waals surface area contributed by atoms with Crippen molar-refractivity contribution in [3.05, 3.63) is 200 Å². The average molecular weight is 704 g/mol. The highest BCUT2D eigenvalue weighted by Crippen LogP contribution is 2.46. The Morgan fingerprint density at radius 3 is 1.55 bits per heavy atom. The lowest BCUT2D eigenvalue weighted by Crippen LogP contribution is -2.10. The molecule has 0 unspecified atom stereocenters. The fraction of sp³-hybridized carbons (Fsp3) is 0. The van der Waals surface area contributed by atoms with Gasteiger partial charge in [-0.3, -0.25) is 0 Å². The summed E-state index contributed by atoms with van der Waals surface area (Å²) in [6.45, 7) is 0.